The predicted octanol–water partition coefficient (Wildman–Crippen LogP) is 4.09. The van der Waals surface area contributed by atoms with Crippen LogP contribution in [0.4, 0.5) is 18.9 Å². The molecule has 0 saturated carbocycles. The largest absolute Gasteiger partial charge is 0.446 e. The third-order valence-corrected chi connectivity index (χ3v) is 5.02. The van der Waals surface area contributed by atoms with Gasteiger partial charge in [-0.25, -0.2) is 0 Å². The Bertz CT molecular complexity index is 1080. The van der Waals surface area contributed by atoms with Crippen molar-refractivity contribution in [3.8, 4) is 0 Å². The summed E-state index contributed by atoms with van der Waals surface area (Å²) in [5, 5.41) is 9.37. The SMILES string of the molecule is NC(=O)c1[nH]ncc1NCc1cccc(CC(=O)Cc2cccc(SC(F)(F)F)c2)c1. The zero-order valence-electron chi connectivity index (χ0n) is 16.2. The van der Waals surface area contributed by atoms with Gasteiger partial charge in [0, 0.05) is 24.3 Å². The summed E-state index contributed by atoms with van der Waals surface area (Å²) in [6, 6.07) is 13.2. The maximum absolute atomic E-state index is 12.5. The Kier molecular flexibility index (Phi) is 7.01. The summed E-state index contributed by atoms with van der Waals surface area (Å²) in [5.74, 6) is -0.734. The van der Waals surface area contributed by atoms with Crippen molar-refractivity contribution >= 4 is 29.1 Å². The first kappa shape index (κ1) is 22.4. The van der Waals surface area contributed by atoms with E-state index in [1.165, 1.54) is 24.4 Å². The van der Waals surface area contributed by atoms with Gasteiger partial charge in [0.2, 0.25) is 0 Å². The van der Waals surface area contributed by atoms with Crippen LogP contribution in [0.25, 0.3) is 0 Å². The number of rotatable bonds is 9. The number of alkyl halides is 3. The molecular weight excluding hydrogens is 429 g/mol. The lowest BCUT2D eigenvalue weighted by Crippen LogP contribution is -2.14. The van der Waals surface area contributed by atoms with Crippen molar-refractivity contribution in [3.63, 3.8) is 0 Å². The van der Waals surface area contributed by atoms with Crippen LogP contribution in [-0.4, -0.2) is 27.4 Å². The Hall–Kier alpha value is -3.27. The highest BCUT2D eigenvalue weighted by molar-refractivity contribution is 8.00. The van der Waals surface area contributed by atoms with Crippen LogP contribution in [0.2, 0.25) is 0 Å². The summed E-state index contributed by atoms with van der Waals surface area (Å²) in [4.78, 5) is 23.8. The van der Waals surface area contributed by atoms with E-state index in [4.69, 9.17) is 5.73 Å². The molecule has 31 heavy (non-hydrogen) atoms. The van der Waals surface area contributed by atoms with E-state index in [1.807, 2.05) is 24.3 Å². The number of benzene rings is 2. The van der Waals surface area contributed by atoms with Gasteiger partial charge in [-0.05, 0) is 40.6 Å². The van der Waals surface area contributed by atoms with Crippen LogP contribution in [-0.2, 0) is 24.2 Å². The highest BCUT2D eigenvalue weighted by Crippen LogP contribution is 2.37. The number of aromatic amines is 1. The molecule has 6 nitrogen and oxygen atoms in total. The number of carbonyl (C=O) groups excluding carboxylic acids is 2. The number of hydrogen-bond acceptors (Lipinski definition) is 5. The number of nitrogens with two attached hydrogens (primary N) is 1. The fourth-order valence-electron chi connectivity index (χ4n) is 3.03. The van der Waals surface area contributed by atoms with Crippen molar-refractivity contribution in [3.05, 3.63) is 77.1 Å². The van der Waals surface area contributed by atoms with Crippen molar-refractivity contribution in [1.82, 2.24) is 10.2 Å². The molecule has 3 aromatic rings. The first-order valence-corrected chi connectivity index (χ1v) is 10.0. The van der Waals surface area contributed by atoms with Gasteiger partial charge >= 0.3 is 5.51 Å². The van der Waals surface area contributed by atoms with Gasteiger partial charge in [0.1, 0.15) is 11.5 Å². The number of ketones is 1. The average molecular weight is 448 g/mol. The van der Waals surface area contributed by atoms with E-state index in [2.05, 4.69) is 15.5 Å². The zero-order valence-corrected chi connectivity index (χ0v) is 17.0. The maximum Gasteiger partial charge on any atom is 0.446 e. The quantitative estimate of drug-likeness (QED) is 0.428. The third kappa shape index (κ3) is 6.88. The Morgan fingerprint density at radius 1 is 1.03 bits per heavy atom. The smallest absolute Gasteiger partial charge is 0.378 e. The number of amides is 1. The van der Waals surface area contributed by atoms with Gasteiger partial charge in [0.05, 0.1) is 11.9 Å². The lowest BCUT2D eigenvalue weighted by molar-refractivity contribution is -0.117. The molecule has 0 aliphatic rings. The molecule has 1 heterocycles. The molecule has 162 valence electrons. The first-order valence-electron chi connectivity index (χ1n) is 9.21. The number of aromatic nitrogens is 2. The molecule has 0 fully saturated rings. The lowest BCUT2D eigenvalue weighted by Gasteiger charge is -2.09. The Morgan fingerprint density at radius 3 is 2.35 bits per heavy atom. The van der Waals surface area contributed by atoms with Crippen molar-refractivity contribution in [2.75, 3.05) is 5.32 Å². The minimum Gasteiger partial charge on any atom is -0.378 e. The molecule has 1 amide bonds. The van der Waals surface area contributed by atoms with Crippen molar-refractivity contribution in [2.24, 2.45) is 5.73 Å². The third-order valence-electron chi connectivity index (χ3n) is 4.29. The van der Waals surface area contributed by atoms with Crippen LogP contribution in [0, 0.1) is 0 Å². The van der Waals surface area contributed by atoms with E-state index in [9.17, 15) is 22.8 Å². The van der Waals surface area contributed by atoms with E-state index in [-0.39, 0.29) is 41.0 Å². The monoisotopic (exact) mass is 448 g/mol. The molecular formula is C21H19F3N4O2S. The first-order chi connectivity index (χ1) is 14.7. The van der Waals surface area contributed by atoms with Crippen LogP contribution >= 0.6 is 11.8 Å². The Morgan fingerprint density at radius 2 is 1.68 bits per heavy atom. The molecule has 1 aromatic heterocycles. The van der Waals surface area contributed by atoms with Crippen LogP contribution in [0.1, 0.15) is 27.2 Å². The number of thioether (sulfide) groups is 1. The van der Waals surface area contributed by atoms with Gasteiger partial charge in [0.15, 0.2) is 0 Å². The van der Waals surface area contributed by atoms with Crippen LogP contribution in [0.3, 0.4) is 0 Å². The molecule has 2 aromatic carbocycles. The number of halogens is 3. The molecule has 0 aliphatic carbocycles. The van der Waals surface area contributed by atoms with Gasteiger partial charge < -0.3 is 11.1 Å². The number of carbonyl (C=O) groups is 2. The molecule has 0 aliphatic heterocycles. The normalized spacial score (nSPS) is 11.3. The second-order valence-corrected chi connectivity index (χ2v) is 7.92. The van der Waals surface area contributed by atoms with Gasteiger partial charge in [-0.15, -0.1) is 0 Å². The second kappa shape index (κ2) is 9.69. The van der Waals surface area contributed by atoms with E-state index < -0.39 is 11.4 Å². The molecule has 3 rings (SSSR count). The zero-order chi connectivity index (χ0) is 22.4. The number of hydrogen-bond donors (Lipinski definition) is 3. The lowest BCUT2D eigenvalue weighted by atomic mass is 10.0. The molecule has 0 radical (unpaired) electrons. The molecule has 0 bridgehead atoms. The Balaban J connectivity index is 1.59. The molecule has 0 atom stereocenters. The summed E-state index contributed by atoms with van der Waals surface area (Å²) >= 11 is -0.199. The van der Waals surface area contributed by atoms with E-state index in [0.717, 1.165) is 11.1 Å². The number of nitrogens with zero attached hydrogens (tertiary/aromatic N) is 1. The van der Waals surface area contributed by atoms with Crippen LogP contribution in [0.5, 0.6) is 0 Å². The molecule has 4 N–H and O–H groups in total. The van der Waals surface area contributed by atoms with Crippen molar-refractivity contribution in [1.29, 1.82) is 0 Å². The summed E-state index contributed by atoms with van der Waals surface area (Å²) in [5.41, 5.74) is 3.75. The van der Waals surface area contributed by atoms with Gasteiger partial charge in [-0.1, -0.05) is 36.4 Å². The highest BCUT2D eigenvalue weighted by atomic mass is 32.2. The number of anilines is 1. The Labute approximate surface area is 180 Å². The van der Waals surface area contributed by atoms with E-state index in [1.54, 1.807) is 6.07 Å². The molecule has 0 saturated heterocycles. The second-order valence-electron chi connectivity index (χ2n) is 6.78. The minimum atomic E-state index is -4.37. The van der Waals surface area contributed by atoms with Gasteiger partial charge in [-0.2, -0.15) is 18.3 Å². The van der Waals surface area contributed by atoms with Gasteiger partial charge in [-0.3, -0.25) is 14.7 Å². The average Bonchev–Trinajstić information content (AvgIpc) is 3.14. The van der Waals surface area contributed by atoms with Crippen LogP contribution < -0.4 is 11.1 Å². The fraction of sp³-hybridized carbons (Fsp3) is 0.190. The van der Waals surface area contributed by atoms with E-state index in [0.29, 0.717) is 17.8 Å². The van der Waals surface area contributed by atoms with E-state index >= 15 is 0 Å². The number of Topliss-reactive ketones (excluding diaryl/α,β-unsaturated/α-hetero) is 1. The maximum atomic E-state index is 12.5. The summed E-state index contributed by atoms with van der Waals surface area (Å²) < 4.78 is 37.6. The number of H-pyrrole nitrogens is 1. The molecule has 0 spiro atoms. The fourth-order valence-corrected chi connectivity index (χ4v) is 3.65. The summed E-state index contributed by atoms with van der Waals surface area (Å²) in [6.07, 6.45) is 1.66. The topological polar surface area (TPSA) is 101 Å². The highest BCUT2D eigenvalue weighted by Gasteiger charge is 2.29. The summed E-state index contributed by atoms with van der Waals surface area (Å²) in [7, 11) is 0. The molecule has 0 unspecified atom stereocenters. The van der Waals surface area contributed by atoms with Gasteiger partial charge in [0.25, 0.3) is 5.91 Å². The molecule has 10 heteroatoms. The number of nitrogens with one attached hydrogen (secondary N) is 2. The van der Waals surface area contributed by atoms with Crippen LogP contribution in [0.15, 0.2) is 59.6 Å². The summed E-state index contributed by atoms with van der Waals surface area (Å²) in [6.45, 7) is 0.387. The number of primary amides is 1. The van der Waals surface area contributed by atoms with Crippen molar-refractivity contribution in [2.45, 2.75) is 29.8 Å². The predicted molar refractivity (Wildman–Crippen MR) is 112 cm³/mol. The standard InChI is InChI=1S/C21H19F3N4O2S/c22-21(23,24)31-17-6-2-4-14(10-17)9-16(29)8-13-3-1-5-15(7-13)11-26-18-12-27-28-19(18)20(25)30/h1-7,10,12,26H,8-9,11H2,(H2,25,30)(H,27,28). The minimum absolute atomic E-state index is 0.0473. The van der Waals surface area contributed by atoms with Crippen molar-refractivity contribution < 1.29 is 22.8 Å².